The summed E-state index contributed by atoms with van der Waals surface area (Å²) in [6.45, 7) is 5.70. The number of hydrogen-bond donors (Lipinski definition) is 1. The quantitative estimate of drug-likeness (QED) is 0.840. The molecule has 1 N–H and O–H groups in total. The highest BCUT2D eigenvalue weighted by atomic mass is 16.5. The zero-order chi connectivity index (χ0) is 14.4. The van der Waals surface area contributed by atoms with Gasteiger partial charge in [0.1, 0.15) is 5.75 Å². The van der Waals surface area contributed by atoms with E-state index in [-0.39, 0.29) is 6.04 Å². The van der Waals surface area contributed by atoms with Crippen molar-refractivity contribution in [3.05, 3.63) is 41.7 Å². The fourth-order valence-electron chi connectivity index (χ4n) is 2.22. The van der Waals surface area contributed by atoms with Crippen LogP contribution in [0, 0.1) is 0 Å². The second-order valence-electron chi connectivity index (χ2n) is 4.70. The molecule has 0 aliphatic rings. The van der Waals surface area contributed by atoms with Gasteiger partial charge in [0.15, 0.2) is 0 Å². The third kappa shape index (κ3) is 3.81. The van der Waals surface area contributed by atoms with Crippen LogP contribution >= 0.6 is 0 Å². The molecule has 1 aromatic heterocycles. The first-order valence-electron chi connectivity index (χ1n) is 7.04. The van der Waals surface area contributed by atoms with Gasteiger partial charge in [0.2, 0.25) is 0 Å². The van der Waals surface area contributed by atoms with Gasteiger partial charge in [-0.1, -0.05) is 24.3 Å². The van der Waals surface area contributed by atoms with Crippen molar-refractivity contribution in [2.24, 2.45) is 7.05 Å². The third-order valence-corrected chi connectivity index (χ3v) is 3.11. The smallest absolute Gasteiger partial charge is 0.119 e. The number of rotatable bonds is 7. The predicted octanol–water partition coefficient (Wildman–Crippen LogP) is 2.11. The fraction of sp³-hybridized carbons (Fsp3) is 0.467. The van der Waals surface area contributed by atoms with Crippen LogP contribution in [0.1, 0.15) is 31.1 Å². The Balaban J connectivity index is 2.10. The number of nitrogens with one attached hydrogen (secondary N) is 1. The Hall–Kier alpha value is -1.88. The SMILES string of the molecule is CCNC(Cc1cn(C)nn1)c1ccc(OCC)cc1. The van der Waals surface area contributed by atoms with Gasteiger partial charge in [-0.25, -0.2) is 0 Å². The highest BCUT2D eigenvalue weighted by molar-refractivity contribution is 5.29. The molecule has 1 atom stereocenters. The molecule has 1 unspecified atom stereocenters. The van der Waals surface area contributed by atoms with Crippen LogP contribution in [0.15, 0.2) is 30.5 Å². The molecule has 2 aromatic rings. The van der Waals surface area contributed by atoms with Crippen molar-refractivity contribution >= 4 is 0 Å². The average molecular weight is 274 g/mol. The van der Waals surface area contributed by atoms with Gasteiger partial charge in [-0.2, -0.15) is 0 Å². The number of nitrogens with zero attached hydrogens (tertiary/aromatic N) is 3. The lowest BCUT2D eigenvalue weighted by Crippen LogP contribution is -2.23. The van der Waals surface area contributed by atoms with E-state index in [1.807, 2.05) is 32.3 Å². The fourth-order valence-corrected chi connectivity index (χ4v) is 2.22. The van der Waals surface area contributed by atoms with Crippen LogP contribution in [0.4, 0.5) is 0 Å². The lowest BCUT2D eigenvalue weighted by Gasteiger charge is -2.17. The van der Waals surface area contributed by atoms with Gasteiger partial charge >= 0.3 is 0 Å². The second kappa shape index (κ2) is 7.05. The Morgan fingerprint density at radius 3 is 2.55 bits per heavy atom. The largest absolute Gasteiger partial charge is 0.494 e. The van der Waals surface area contributed by atoms with Crippen LogP contribution < -0.4 is 10.1 Å². The maximum atomic E-state index is 5.48. The van der Waals surface area contributed by atoms with Crippen LogP contribution in [-0.2, 0) is 13.5 Å². The predicted molar refractivity (Wildman–Crippen MR) is 78.7 cm³/mol. The minimum absolute atomic E-state index is 0.243. The molecule has 1 heterocycles. The van der Waals surface area contributed by atoms with Crippen LogP contribution in [0.5, 0.6) is 5.75 Å². The number of ether oxygens (including phenoxy) is 1. The zero-order valence-electron chi connectivity index (χ0n) is 12.3. The van der Waals surface area contributed by atoms with Crippen molar-refractivity contribution in [1.82, 2.24) is 20.3 Å². The number of benzene rings is 1. The number of aromatic nitrogens is 3. The van der Waals surface area contributed by atoms with Gasteiger partial charge in [-0.3, -0.25) is 4.68 Å². The molecule has 5 heteroatoms. The molecule has 0 saturated heterocycles. The summed E-state index contributed by atoms with van der Waals surface area (Å²) in [6.07, 6.45) is 2.79. The van der Waals surface area contributed by atoms with Crippen LogP contribution in [0.3, 0.4) is 0 Å². The molecule has 0 radical (unpaired) electrons. The molecular formula is C15H22N4O. The molecule has 0 bridgehead atoms. The standard InChI is InChI=1S/C15H22N4O/c1-4-16-15(10-13-11-19(3)18-17-13)12-6-8-14(9-7-12)20-5-2/h6-9,11,15-16H,4-5,10H2,1-3H3. The van der Waals surface area contributed by atoms with Crippen molar-refractivity contribution < 1.29 is 4.74 Å². The Kier molecular flexibility index (Phi) is 5.12. The van der Waals surface area contributed by atoms with Crippen molar-refractivity contribution in [3.63, 3.8) is 0 Å². The first-order valence-corrected chi connectivity index (χ1v) is 7.04. The molecular weight excluding hydrogens is 252 g/mol. The van der Waals surface area contributed by atoms with Gasteiger partial charge in [-0.05, 0) is 31.2 Å². The molecule has 0 spiro atoms. The van der Waals surface area contributed by atoms with Crippen molar-refractivity contribution in [1.29, 1.82) is 0 Å². The topological polar surface area (TPSA) is 52.0 Å². The number of aryl methyl sites for hydroxylation is 1. The molecule has 0 saturated carbocycles. The molecule has 20 heavy (non-hydrogen) atoms. The molecule has 0 aliphatic heterocycles. The molecule has 0 amide bonds. The van der Waals surface area contributed by atoms with E-state index in [2.05, 4.69) is 34.7 Å². The monoisotopic (exact) mass is 274 g/mol. The molecule has 0 aliphatic carbocycles. The van der Waals surface area contributed by atoms with Gasteiger partial charge in [-0.15, -0.1) is 5.10 Å². The Bertz CT molecular complexity index is 521. The summed E-state index contributed by atoms with van der Waals surface area (Å²) in [5, 5.41) is 11.6. The summed E-state index contributed by atoms with van der Waals surface area (Å²) in [5.74, 6) is 0.908. The first kappa shape index (κ1) is 14.5. The van der Waals surface area contributed by atoms with Crippen LogP contribution in [-0.4, -0.2) is 28.1 Å². The molecule has 0 fully saturated rings. The van der Waals surface area contributed by atoms with E-state index in [0.29, 0.717) is 6.61 Å². The highest BCUT2D eigenvalue weighted by Gasteiger charge is 2.13. The van der Waals surface area contributed by atoms with E-state index < -0.39 is 0 Å². The maximum Gasteiger partial charge on any atom is 0.119 e. The summed E-state index contributed by atoms with van der Waals surface area (Å²) in [6, 6.07) is 8.48. The van der Waals surface area contributed by atoms with E-state index >= 15 is 0 Å². The minimum Gasteiger partial charge on any atom is -0.494 e. The summed E-state index contributed by atoms with van der Waals surface area (Å²) in [5.41, 5.74) is 2.23. The zero-order valence-corrected chi connectivity index (χ0v) is 12.3. The Morgan fingerprint density at radius 2 is 2.00 bits per heavy atom. The number of likely N-dealkylation sites (N-methyl/N-ethyl adjacent to an activating group) is 1. The highest BCUT2D eigenvalue weighted by Crippen LogP contribution is 2.20. The van der Waals surface area contributed by atoms with Crippen molar-refractivity contribution in [3.8, 4) is 5.75 Å². The first-order chi connectivity index (χ1) is 9.72. The van der Waals surface area contributed by atoms with Gasteiger partial charge in [0.25, 0.3) is 0 Å². The van der Waals surface area contributed by atoms with E-state index in [1.54, 1.807) is 4.68 Å². The molecule has 1 aromatic carbocycles. The number of hydrogen-bond acceptors (Lipinski definition) is 4. The summed E-state index contributed by atoms with van der Waals surface area (Å²) < 4.78 is 7.21. The Labute approximate surface area is 120 Å². The van der Waals surface area contributed by atoms with Crippen LogP contribution in [0.2, 0.25) is 0 Å². The van der Waals surface area contributed by atoms with Gasteiger partial charge in [0, 0.05) is 25.7 Å². The average Bonchev–Trinajstić information content (AvgIpc) is 2.85. The molecule has 108 valence electrons. The van der Waals surface area contributed by atoms with Gasteiger partial charge in [0.05, 0.1) is 12.3 Å². The molecule has 2 rings (SSSR count). The van der Waals surface area contributed by atoms with E-state index in [4.69, 9.17) is 4.74 Å². The van der Waals surface area contributed by atoms with E-state index in [9.17, 15) is 0 Å². The maximum absolute atomic E-state index is 5.48. The van der Waals surface area contributed by atoms with E-state index in [1.165, 1.54) is 5.56 Å². The lowest BCUT2D eigenvalue weighted by atomic mass is 10.0. The van der Waals surface area contributed by atoms with Gasteiger partial charge < -0.3 is 10.1 Å². The van der Waals surface area contributed by atoms with Crippen LogP contribution in [0.25, 0.3) is 0 Å². The third-order valence-electron chi connectivity index (χ3n) is 3.11. The lowest BCUT2D eigenvalue weighted by molar-refractivity contribution is 0.340. The van der Waals surface area contributed by atoms with Crippen molar-refractivity contribution in [2.45, 2.75) is 26.3 Å². The second-order valence-corrected chi connectivity index (χ2v) is 4.70. The molecule has 5 nitrogen and oxygen atoms in total. The van der Waals surface area contributed by atoms with Crippen molar-refractivity contribution in [2.75, 3.05) is 13.2 Å². The normalized spacial score (nSPS) is 12.3. The van der Waals surface area contributed by atoms with E-state index in [0.717, 1.165) is 24.4 Å². The summed E-state index contributed by atoms with van der Waals surface area (Å²) in [4.78, 5) is 0. The minimum atomic E-state index is 0.243. The summed E-state index contributed by atoms with van der Waals surface area (Å²) >= 11 is 0. The Morgan fingerprint density at radius 1 is 1.25 bits per heavy atom. The summed E-state index contributed by atoms with van der Waals surface area (Å²) in [7, 11) is 1.88.